The highest BCUT2D eigenvalue weighted by molar-refractivity contribution is 7.88. The van der Waals surface area contributed by atoms with Crippen molar-refractivity contribution in [3.63, 3.8) is 0 Å². The van der Waals surface area contributed by atoms with Gasteiger partial charge in [-0.1, -0.05) is 36.4 Å². The van der Waals surface area contributed by atoms with Gasteiger partial charge in [0, 0.05) is 10.3 Å². The Labute approximate surface area is 99.7 Å². The van der Waals surface area contributed by atoms with Gasteiger partial charge in [-0.2, -0.15) is 0 Å². The molecule has 84 valence electrons. The summed E-state index contributed by atoms with van der Waals surface area (Å²) < 4.78 is 12.0. The third-order valence-electron chi connectivity index (χ3n) is 2.14. The number of allylic oxidation sites excluding steroid dienone is 3. The molecule has 1 nitrogen and oxygen atoms in total. The van der Waals surface area contributed by atoms with Gasteiger partial charge in [0.2, 0.25) is 0 Å². The molecule has 0 radical (unpaired) electrons. The summed E-state index contributed by atoms with van der Waals surface area (Å²) in [7, 11) is -1.11. The van der Waals surface area contributed by atoms with Crippen LogP contribution in [0.3, 0.4) is 0 Å². The summed E-state index contributed by atoms with van der Waals surface area (Å²) >= 11 is 0. The van der Waals surface area contributed by atoms with E-state index in [-0.39, 0.29) is 0 Å². The van der Waals surface area contributed by atoms with E-state index < -0.39 is 10.8 Å². The quantitative estimate of drug-likeness (QED) is 0.557. The molecule has 0 N–H and O–H groups in total. The van der Waals surface area contributed by atoms with Crippen LogP contribution in [0.2, 0.25) is 0 Å². The zero-order chi connectivity index (χ0) is 12.0. The molecule has 0 saturated heterocycles. The lowest BCUT2D eigenvalue weighted by Gasteiger charge is -2.03. The van der Waals surface area contributed by atoms with Crippen molar-refractivity contribution in [2.24, 2.45) is 0 Å². The summed E-state index contributed by atoms with van der Waals surface area (Å²) in [4.78, 5) is 0.810. The number of benzene rings is 1. The summed E-state index contributed by atoms with van der Waals surface area (Å²) in [6, 6.07) is 9.39. The molecule has 1 aromatic carbocycles. The number of hydrogen-bond donors (Lipinski definition) is 0. The van der Waals surface area contributed by atoms with Gasteiger partial charge in [-0.25, -0.2) is 4.21 Å². The van der Waals surface area contributed by atoms with Gasteiger partial charge in [0.1, 0.15) is 0 Å². The topological polar surface area (TPSA) is 17.1 Å². The third-order valence-corrected chi connectivity index (χ3v) is 3.37. The molecular formula is C14H16OS. The summed E-state index contributed by atoms with van der Waals surface area (Å²) in [6.45, 7) is 9.47. The normalized spacial score (nSPS) is 13.2. The highest BCUT2D eigenvalue weighted by atomic mass is 32.2. The molecule has 0 amide bonds. The van der Waals surface area contributed by atoms with Gasteiger partial charge >= 0.3 is 0 Å². The van der Waals surface area contributed by atoms with E-state index in [0.29, 0.717) is 6.42 Å². The maximum absolute atomic E-state index is 12.0. The van der Waals surface area contributed by atoms with Crippen LogP contribution >= 0.6 is 0 Å². The monoisotopic (exact) mass is 232 g/mol. The van der Waals surface area contributed by atoms with Gasteiger partial charge in [0.05, 0.1) is 10.8 Å². The van der Waals surface area contributed by atoms with E-state index in [1.807, 2.05) is 37.3 Å². The van der Waals surface area contributed by atoms with E-state index in [4.69, 9.17) is 0 Å². The summed E-state index contributed by atoms with van der Waals surface area (Å²) in [5, 5.41) is 1.75. The first kappa shape index (κ1) is 12.7. The molecule has 1 unspecified atom stereocenters. The van der Waals surface area contributed by atoms with Crippen molar-refractivity contribution in [3.05, 3.63) is 66.1 Å². The largest absolute Gasteiger partial charge is 0.250 e. The zero-order valence-electron chi connectivity index (χ0n) is 9.48. The standard InChI is InChI=1S/C14H16OS/c1-4-8-13(12(2)3)11-16(15)14-9-6-5-7-10-14/h4-7,9-11H,1-2,8H2,3H3/b13-11+. The van der Waals surface area contributed by atoms with Crippen LogP contribution in [0.15, 0.2) is 71.0 Å². The van der Waals surface area contributed by atoms with Crippen molar-refractivity contribution < 1.29 is 4.21 Å². The summed E-state index contributed by atoms with van der Waals surface area (Å²) in [6.07, 6.45) is 2.50. The second-order valence-corrected chi connectivity index (χ2v) is 4.83. The smallest absolute Gasteiger partial charge is 0.0778 e. The van der Waals surface area contributed by atoms with Gasteiger partial charge in [-0.3, -0.25) is 0 Å². The molecule has 0 heterocycles. The molecule has 0 spiro atoms. The predicted octanol–water partition coefficient (Wildman–Crippen LogP) is 3.83. The minimum absolute atomic E-state index is 0.702. The van der Waals surface area contributed by atoms with Crippen LogP contribution < -0.4 is 0 Å². The molecule has 0 fully saturated rings. The van der Waals surface area contributed by atoms with Crippen LogP contribution in [0.25, 0.3) is 0 Å². The first-order valence-electron chi connectivity index (χ1n) is 5.08. The van der Waals surface area contributed by atoms with Crippen LogP contribution in [-0.4, -0.2) is 4.21 Å². The number of hydrogen-bond acceptors (Lipinski definition) is 1. The molecule has 2 heteroatoms. The molecule has 1 rings (SSSR count). The maximum atomic E-state index is 12.0. The van der Waals surface area contributed by atoms with Crippen molar-refractivity contribution in [1.29, 1.82) is 0 Å². The van der Waals surface area contributed by atoms with Crippen LogP contribution in [-0.2, 0) is 10.8 Å². The molecular weight excluding hydrogens is 216 g/mol. The van der Waals surface area contributed by atoms with Crippen LogP contribution in [0.1, 0.15) is 13.3 Å². The van der Waals surface area contributed by atoms with E-state index in [1.54, 1.807) is 11.5 Å². The highest BCUT2D eigenvalue weighted by Gasteiger charge is 2.02. The SMILES string of the molecule is C=CC/C(=C\S(=O)c1ccccc1)C(=C)C. The second kappa shape index (κ2) is 6.23. The van der Waals surface area contributed by atoms with Gasteiger partial charge in [-0.05, 0) is 31.1 Å². The Bertz CT molecular complexity index is 429. The molecule has 0 saturated carbocycles. The number of rotatable bonds is 5. The minimum Gasteiger partial charge on any atom is -0.250 e. The fraction of sp³-hybridized carbons (Fsp3) is 0.143. The second-order valence-electron chi connectivity index (χ2n) is 3.53. The minimum atomic E-state index is -1.11. The molecule has 0 aliphatic rings. The van der Waals surface area contributed by atoms with Crippen LogP contribution in [0.4, 0.5) is 0 Å². The fourth-order valence-corrected chi connectivity index (χ4v) is 2.35. The van der Waals surface area contributed by atoms with E-state index >= 15 is 0 Å². The highest BCUT2D eigenvalue weighted by Crippen LogP contribution is 2.16. The lowest BCUT2D eigenvalue weighted by atomic mass is 10.1. The van der Waals surface area contributed by atoms with Crippen molar-refractivity contribution in [2.75, 3.05) is 0 Å². The lowest BCUT2D eigenvalue weighted by Crippen LogP contribution is -1.90. The first-order chi connectivity index (χ1) is 7.65. The molecule has 1 atom stereocenters. The Morgan fingerprint density at radius 3 is 2.50 bits per heavy atom. The lowest BCUT2D eigenvalue weighted by molar-refractivity contribution is 0.688. The Morgan fingerprint density at radius 2 is 2.00 bits per heavy atom. The van der Waals surface area contributed by atoms with Gasteiger partial charge in [0.25, 0.3) is 0 Å². The van der Waals surface area contributed by atoms with E-state index in [2.05, 4.69) is 13.2 Å². The van der Waals surface area contributed by atoms with Crippen molar-refractivity contribution in [3.8, 4) is 0 Å². The Balaban J connectivity index is 2.93. The Morgan fingerprint density at radius 1 is 1.38 bits per heavy atom. The molecule has 0 aliphatic carbocycles. The molecule has 0 aliphatic heterocycles. The van der Waals surface area contributed by atoms with Crippen LogP contribution in [0.5, 0.6) is 0 Å². The Hall–Kier alpha value is -1.41. The molecule has 16 heavy (non-hydrogen) atoms. The van der Waals surface area contributed by atoms with Gasteiger partial charge in [0.15, 0.2) is 0 Å². The third kappa shape index (κ3) is 3.63. The molecule has 0 aromatic heterocycles. The summed E-state index contributed by atoms with van der Waals surface area (Å²) in [5.41, 5.74) is 1.92. The average Bonchev–Trinajstić information content (AvgIpc) is 2.29. The van der Waals surface area contributed by atoms with Gasteiger partial charge < -0.3 is 0 Å². The average molecular weight is 232 g/mol. The predicted molar refractivity (Wildman–Crippen MR) is 70.6 cm³/mol. The van der Waals surface area contributed by atoms with E-state index in [0.717, 1.165) is 16.0 Å². The van der Waals surface area contributed by atoms with Crippen LogP contribution in [0, 0.1) is 0 Å². The molecule has 1 aromatic rings. The zero-order valence-corrected chi connectivity index (χ0v) is 10.3. The van der Waals surface area contributed by atoms with Crippen molar-refractivity contribution >= 4 is 10.8 Å². The van der Waals surface area contributed by atoms with E-state index in [9.17, 15) is 4.21 Å². The Kier molecular flexibility index (Phi) is 4.93. The van der Waals surface area contributed by atoms with E-state index in [1.165, 1.54) is 0 Å². The fourth-order valence-electron chi connectivity index (χ4n) is 1.23. The molecule has 0 bridgehead atoms. The maximum Gasteiger partial charge on any atom is 0.0778 e. The summed E-state index contributed by atoms with van der Waals surface area (Å²) in [5.74, 6) is 0. The van der Waals surface area contributed by atoms with Gasteiger partial charge in [-0.15, -0.1) is 6.58 Å². The van der Waals surface area contributed by atoms with Crippen molar-refractivity contribution in [1.82, 2.24) is 0 Å². The van der Waals surface area contributed by atoms with Crippen molar-refractivity contribution in [2.45, 2.75) is 18.2 Å². The first-order valence-corrected chi connectivity index (χ1v) is 6.29.